The van der Waals surface area contributed by atoms with Gasteiger partial charge >= 0.3 is 12.5 Å². The Morgan fingerprint density at radius 3 is 2.25 bits per heavy atom. The summed E-state index contributed by atoms with van der Waals surface area (Å²) >= 11 is 2.87. The molecule has 0 saturated heterocycles. The number of rotatable bonds is 3. The quantitative estimate of drug-likeness (QED) is 0.603. The van der Waals surface area contributed by atoms with Gasteiger partial charge in [0.15, 0.2) is 0 Å². The standard InChI is InChI=1S/C10H5BrF6N2O/c11-4-6-3-5(1-2-18)7(9(12,13)14)8(19-6)20-10(15,16)17/h3H,1,4H2. The lowest BCUT2D eigenvalue weighted by molar-refractivity contribution is -0.278. The molecule has 0 radical (unpaired) electrons. The van der Waals surface area contributed by atoms with Crippen molar-refractivity contribution in [2.75, 3.05) is 0 Å². The van der Waals surface area contributed by atoms with E-state index in [0.29, 0.717) is 0 Å². The lowest BCUT2D eigenvalue weighted by atomic mass is 10.1. The van der Waals surface area contributed by atoms with E-state index in [-0.39, 0.29) is 11.0 Å². The highest BCUT2D eigenvalue weighted by molar-refractivity contribution is 9.08. The molecule has 0 bridgehead atoms. The third-order valence-corrected chi connectivity index (χ3v) is 2.60. The topological polar surface area (TPSA) is 45.9 Å². The number of halogens is 7. The maximum Gasteiger partial charge on any atom is 0.574 e. The van der Waals surface area contributed by atoms with Crippen LogP contribution in [0.1, 0.15) is 16.8 Å². The molecule has 0 aliphatic rings. The highest BCUT2D eigenvalue weighted by Gasteiger charge is 2.42. The van der Waals surface area contributed by atoms with E-state index in [1.54, 1.807) is 0 Å². The summed E-state index contributed by atoms with van der Waals surface area (Å²) in [6.45, 7) is 0. The normalized spacial score (nSPS) is 12.1. The van der Waals surface area contributed by atoms with Gasteiger partial charge in [-0.3, -0.25) is 0 Å². The predicted octanol–water partition coefficient (Wildman–Crippen LogP) is 3.96. The van der Waals surface area contributed by atoms with Crippen LogP contribution in [-0.2, 0) is 17.9 Å². The fourth-order valence-corrected chi connectivity index (χ4v) is 1.70. The van der Waals surface area contributed by atoms with Crippen molar-refractivity contribution in [3.8, 4) is 11.9 Å². The van der Waals surface area contributed by atoms with E-state index in [1.807, 2.05) is 0 Å². The number of hydrogen-bond donors (Lipinski definition) is 0. The fraction of sp³-hybridized carbons (Fsp3) is 0.400. The monoisotopic (exact) mass is 362 g/mol. The van der Waals surface area contributed by atoms with Crippen molar-refractivity contribution in [2.45, 2.75) is 24.3 Å². The van der Waals surface area contributed by atoms with Gasteiger partial charge in [0.25, 0.3) is 0 Å². The van der Waals surface area contributed by atoms with Crippen LogP contribution >= 0.6 is 15.9 Å². The van der Waals surface area contributed by atoms with E-state index < -0.39 is 36.0 Å². The summed E-state index contributed by atoms with van der Waals surface area (Å²) < 4.78 is 78.3. The summed E-state index contributed by atoms with van der Waals surface area (Å²) in [5.41, 5.74) is -2.42. The number of hydrogen-bond acceptors (Lipinski definition) is 3. The van der Waals surface area contributed by atoms with Crippen LogP contribution in [0.3, 0.4) is 0 Å². The third kappa shape index (κ3) is 4.26. The van der Waals surface area contributed by atoms with Gasteiger partial charge in [0, 0.05) is 5.33 Å². The van der Waals surface area contributed by atoms with Crippen molar-refractivity contribution >= 4 is 15.9 Å². The van der Waals surface area contributed by atoms with Gasteiger partial charge in [-0.1, -0.05) is 15.9 Å². The molecule has 3 nitrogen and oxygen atoms in total. The van der Waals surface area contributed by atoms with Gasteiger partial charge in [0.2, 0.25) is 5.88 Å². The molecule has 1 aromatic heterocycles. The first-order valence-electron chi connectivity index (χ1n) is 4.87. The molecule has 1 heterocycles. The molecule has 0 spiro atoms. The second-order valence-electron chi connectivity index (χ2n) is 3.47. The van der Waals surface area contributed by atoms with E-state index >= 15 is 0 Å². The molecule has 0 unspecified atom stereocenters. The molecule has 20 heavy (non-hydrogen) atoms. The lowest BCUT2D eigenvalue weighted by Gasteiger charge is -2.17. The summed E-state index contributed by atoms with van der Waals surface area (Å²) in [4.78, 5) is 3.17. The first-order chi connectivity index (χ1) is 9.08. The zero-order valence-electron chi connectivity index (χ0n) is 9.44. The van der Waals surface area contributed by atoms with Crippen LogP contribution in [0.25, 0.3) is 0 Å². The Hall–Kier alpha value is -1.50. The molecule has 0 atom stereocenters. The largest absolute Gasteiger partial charge is 0.574 e. The van der Waals surface area contributed by atoms with Gasteiger partial charge in [-0.25, -0.2) is 4.98 Å². The van der Waals surface area contributed by atoms with Gasteiger partial charge in [0.05, 0.1) is 18.2 Å². The second kappa shape index (κ2) is 5.87. The summed E-state index contributed by atoms with van der Waals surface area (Å²) in [6.07, 6.45) is -11.2. The number of aromatic nitrogens is 1. The van der Waals surface area contributed by atoms with Crippen LogP contribution in [0.5, 0.6) is 5.88 Å². The smallest absolute Gasteiger partial charge is 0.387 e. The molecule has 0 saturated carbocycles. The van der Waals surface area contributed by atoms with Crippen molar-refractivity contribution in [2.24, 2.45) is 0 Å². The van der Waals surface area contributed by atoms with Crippen molar-refractivity contribution in [1.29, 1.82) is 5.26 Å². The molecule has 10 heteroatoms. The summed E-state index contributed by atoms with van der Waals surface area (Å²) in [5, 5.41) is 8.40. The maximum absolute atomic E-state index is 12.8. The minimum atomic E-state index is -5.32. The summed E-state index contributed by atoms with van der Waals surface area (Å²) in [5.74, 6) is -1.60. The Morgan fingerprint density at radius 1 is 1.25 bits per heavy atom. The summed E-state index contributed by atoms with van der Waals surface area (Å²) in [6, 6.07) is 2.36. The van der Waals surface area contributed by atoms with E-state index in [4.69, 9.17) is 5.26 Å². The zero-order chi connectivity index (χ0) is 15.6. The number of ether oxygens (including phenoxy) is 1. The highest BCUT2D eigenvalue weighted by atomic mass is 79.9. The van der Waals surface area contributed by atoms with Gasteiger partial charge in [-0.15, -0.1) is 13.2 Å². The molecule has 0 N–H and O–H groups in total. The van der Waals surface area contributed by atoms with Crippen LogP contribution in [0.15, 0.2) is 6.07 Å². The predicted molar refractivity (Wildman–Crippen MR) is 57.9 cm³/mol. The number of nitrogens with zero attached hydrogens (tertiary/aromatic N) is 2. The molecule has 0 amide bonds. The average Bonchev–Trinajstić information content (AvgIpc) is 2.24. The molecule has 0 aromatic carbocycles. The minimum Gasteiger partial charge on any atom is -0.387 e. The molecule has 1 rings (SSSR count). The third-order valence-electron chi connectivity index (χ3n) is 2.02. The van der Waals surface area contributed by atoms with Crippen LogP contribution < -0.4 is 4.74 Å². The number of pyridine rings is 1. The van der Waals surface area contributed by atoms with Crippen molar-refractivity contribution in [3.05, 3.63) is 22.9 Å². The van der Waals surface area contributed by atoms with Gasteiger partial charge < -0.3 is 4.74 Å². The minimum absolute atomic E-state index is 0.0855. The zero-order valence-corrected chi connectivity index (χ0v) is 11.0. The van der Waals surface area contributed by atoms with E-state index in [2.05, 4.69) is 25.7 Å². The summed E-state index contributed by atoms with van der Waals surface area (Å²) in [7, 11) is 0. The average molecular weight is 363 g/mol. The Bertz CT molecular complexity index is 534. The van der Waals surface area contributed by atoms with Gasteiger partial charge in [-0.2, -0.15) is 18.4 Å². The molecular weight excluding hydrogens is 358 g/mol. The van der Waals surface area contributed by atoms with Gasteiger partial charge in [-0.05, 0) is 11.6 Å². The highest BCUT2D eigenvalue weighted by Crippen LogP contribution is 2.40. The Kier molecular flexibility index (Phi) is 4.86. The maximum atomic E-state index is 12.8. The van der Waals surface area contributed by atoms with Crippen LogP contribution in [0, 0.1) is 11.3 Å². The van der Waals surface area contributed by atoms with Crippen LogP contribution in [0.2, 0.25) is 0 Å². The first-order valence-corrected chi connectivity index (χ1v) is 5.99. The Morgan fingerprint density at radius 2 is 1.85 bits per heavy atom. The van der Waals surface area contributed by atoms with E-state index in [1.165, 1.54) is 6.07 Å². The molecule has 0 aliphatic heterocycles. The lowest BCUT2D eigenvalue weighted by Crippen LogP contribution is -2.22. The molecule has 110 valence electrons. The fourth-order valence-electron chi connectivity index (χ4n) is 1.41. The molecule has 0 fully saturated rings. The Balaban J connectivity index is 3.52. The second-order valence-corrected chi connectivity index (χ2v) is 4.03. The van der Waals surface area contributed by atoms with Crippen molar-refractivity contribution in [3.63, 3.8) is 0 Å². The molecule has 0 aliphatic carbocycles. The van der Waals surface area contributed by atoms with E-state index in [0.717, 1.165) is 6.07 Å². The SMILES string of the molecule is N#CCc1cc(CBr)nc(OC(F)(F)F)c1C(F)(F)F. The Labute approximate surface area is 117 Å². The van der Waals surface area contributed by atoms with Crippen LogP contribution in [0.4, 0.5) is 26.3 Å². The van der Waals surface area contributed by atoms with E-state index in [9.17, 15) is 26.3 Å². The number of alkyl halides is 7. The molecular formula is C10H5BrF6N2O. The molecule has 1 aromatic rings. The van der Waals surface area contributed by atoms with Crippen molar-refractivity contribution in [1.82, 2.24) is 4.98 Å². The van der Waals surface area contributed by atoms with Gasteiger partial charge in [0.1, 0.15) is 5.56 Å². The first kappa shape index (κ1) is 16.6. The van der Waals surface area contributed by atoms with Crippen molar-refractivity contribution < 1.29 is 31.1 Å². The number of nitriles is 1. The van der Waals surface area contributed by atoms with Crippen LogP contribution in [-0.4, -0.2) is 11.3 Å².